The van der Waals surface area contributed by atoms with Crippen LogP contribution in [0.15, 0.2) is 0 Å². The van der Waals surface area contributed by atoms with Crippen molar-refractivity contribution < 1.29 is 4.79 Å². The molecule has 0 aromatic rings. The SMILES string of the molecule is CCCCNCC(N)=O.Cl. The molecular formula is C6H15ClN2O. The van der Waals surface area contributed by atoms with E-state index in [2.05, 4.69) is 12.2 Å². The van der Waals surface area contributed by atoms with Gasteiger partial charge in [-0.3, -0.25) is 4.79 Å². The molecule has 3 nitrogen and oxygen atoms in total. The third-order valence-electron chi connectivity index (χ3n) is 1.01. The maximum Gasteiger partial charge on any atom is 0.231 e. The molecule has 4 heteroatoms. The number of carbonyl (C=O) groups is 1. The fourth-order valence-electron chi connectivity index (χ4n) is 0.513. The summed E-state index contributed by atoms with van der Waals surface area (Å²) in [6, 6.07) is 0. The average molecular weight is 167 g/mol. The van der Waals surface area contributed by atoms with E-state index >= 15 is 0 Å². The molecule has 0 radical (unpaired) electrons. The summed E-state index contributed by atoms with van der Waals surface area (Å²) in [6.45, 7) is 3.30. The fourth-order valence-corrected chi connectivity index (χ4v) is 0.513. The standard InChI is InChI=1S/C6H14N2O.ClH/c1-2-3-4-8-5-6(7)9;/h8H,2-5H2,1H3,(H2,7,9);1H. The molecule has 0 atom stereocenters. The van der Waals surface area contributed by atoms with Crippen LogP contribution in [0.25, 0.3) is 0 Å². The minimum absolute atomic E-state index is 0. The van der Waals surface area contributed by atoms with Gasteiger partial charge in [0.1, 0.15) is 0 Å². The second-order valence-corrected chi connectivity index (χ2v) is 2.00. The normalized spacial score (nSPS) is 8.50. The predicted molar refractivity (Wildman–Crippen MR) is 44.2 cm³/mol. The lowest BCUT2D eigenvalue weighted by molar-refractivity contribution is -0.117. The molecular weight excluding hydrogens is 152 g/mol. The van der Waals surface area contributed by atoms with Gasteiger partial charge in [-0.1, -0.05) is 13.3 Å². The van der Waals surface area contributed by atoms with E-state index in [-0.39, 0.29) is 18.3 Å². The first kappa shape index (κ1) is 12.4. The molecule has 0 aromatic heterocycles. The first-order chi connectivity index (χ1) is 4.27. The third kappa shape index (κ3) is 10.7. The highest BCUT2D eigenvalue weighted by Crippen LogP contribution is 1.80. The number of nitrogens with two attached hydrogens (primary N) is 1. The Labute approximate surface area is 67.8 Å². The number of halogens is 1. The van der Waals surface area contributed by atoms with Gasteiger partial charge in [0.15, 0.2) is 0 Å². The van der Waals surface area contributed by atoms with Gasteiger partial charge < -0.3 is 11.1 Å². The van der Waals surface area contributed by atoms with Crippen LogP contribution in [0.1, 0.15) is 19.8 Å². The van der Waals surface area contributed by atoms with Crippen molar-refractivity contribution in [1.82, 2.24) is 5.32 Å². The van der Waals surface area contributed by atoms with Gasteiger partial charge in [-0.15, -0.1) is 12.4 Å². The van der Waals surface area contributed by atoms with Gasteiger partial charge in [0.25, 0.3) is 0 Å². The Balaban J connectivity index is 0. The summed E-state index contributed by atoms with van der Waals surface area (Å²) >= 11 is 0. The van der Waals surface area contributed by atoms with Crippen LogP contribution in [0, 0.1) is 0 Å². The van der Waals surface area contributed by atoms with Crippen molar-refractivity contribution in [2.24, 2.45) is 5.73 Å². The molecule has 0 aliphatic carbocycles. The number of nitrogens with one attached hydrogen (secondary N) is 1. The lowest BCUT2D eigenvalue weighted by atomic mass is 10.3. The number of amides is 1. The molecule has 0 saturated carbocycles. The largest absolute Gasteiger partial charge is 0.369 e. The van der Waals surface area contributed by atoms with Crippen LogP contribution in [0.5, 0.6) is 0 Å². The van der Waals surface area contributed by atoms with E-state index in [1.165, 1.54) is 0 Å². The van der Waals surface area contributed by atoms with Crippen molar-refractivity contribution in [1.29, 1.82) is 0 Å². The Bertz CT molecular complexity index is 87.8. The smallest absolute Gasteiger partial charge is 0.231 e. The van der Waals surface area contributed by atoms with Gasteiger partial charge in [0, 0.05) is 0 Å². The summed E-state index contributed by atoms with van der Waals surface area (Å²) < 4.78 is 0. The second-order valence-electron chi connectivity index (χ2n) is 2.00. The fraction of sp³-hybridized carbons (Fsp3) is 0.833. The van der Waals surface area contributed by atoms with E-state index in [9.17, 15) is 4.79 Å². The maximum atomic E-state index is 10.1. The van der Waals surface area contributed by atoms with Crippen molar-refractivity contribution in [2.45, 2.75) is 19.8 Å². The van der Waals surface area contributed by atoms with E-state index in [4.69, 9.17) is 5.73 Å². The maximum absolute atomic E-state index is 10.1. The van der Waals surface area contributed by atoms with Crippen molar-refractivity contribution in [3.05, 3.63) is 0 Å². The van der Waals surface area contributed by atoms with Gasteiger partial charge in [-0.2, -0.15) is 0 Å². The van der Waals surface area contributed by atoms with E-state index in [0.29, 0.717) is 6.54 Å². The summed E-state index contributed by atoms with van der Waals surface area (Å²) in [7, 11) is 0. The molecule has 0 aromatic carbocycles. The van der Waals surface area contributed by atoms with Gasteiger partial charge in [-0.05, 0) is 13.0 Å². The Hall–Kier alpha value is -0.280. The van der Waals surface area contributed by atoms with Crippen LogP contribution in [-0.2, 0) is 4.79 Å². The van der Waals surface area contributed by atoms with E-state index < -0.39 is 0 Å². The molecule has 10 heavy (non-hydrogen) atoms. The lowest BCUT2D eigenvalue weighted by Crippen LogP contribution is -2.29. The Morgan fingerprint density at radius 3 is 2.60 bits per heavy atom. The minimum Gasteiger partial charge on any atom is -0.369 e. The first-order valence-corrected chi connectivity index (χ1v) is 3.26. The summed E-state index contributed by atoms with van der Waals surface area (Å²) in [4.78, 5) is 10.1. The Morgan fingerprint density at radius 2 is 2.20 bits per heavy atom. The van der Waals surface area contributed by atoms with Crippen LogP contribution in [0.3, 0.4) is 0 Å². The number of unbranched alkanes of at least 4 members (excludes halogenated alkanes) is 1. The van der Waals surface area contributed by atoms with Gasteiger partial charge in [-0.25, -0.2) is 0 Å². The van der Waals surface area contributed by atoms with Gasteiger partial charge in [0.2, 0.25) is 5.91 Å². The van der Waals surface area contributed by atoms with Crippen LogP contribution in [0.2, 0.25) is 0 Å². The van der Waals surface area contributed by atoms with E-state index in [0.717, 1.165) is 19.4 Å². The molecule has 0 spiro atoms. The number of hydrogen-bond donors (Lipinski definition) is 2. The molecule has 0 aliphatic rings. The molecule has 0 bridgehead atoms. The molecule has 3 N–H and O–H groups in total. The summed E-state index contributed by atoms with van der Waals surface area (Å²) in [5.41, 5.74) is 4.87. The molecule has 0 unspecified atom stereocenters. The van der Waals surface area contributed by atoms with Crippen molar-refractivity contribution >= 4 is 18.3 Å². The van der Waals surface area contributed by atoms with Crippen LogP contribution >= 0.6 is 12.4 Å². The topological polar surface area (TPSA) is 55.1 Å². The minimum atomic E-state index is -0.286. The number of rotatable bonds is 5. The van der Waals surface area contributed by atoms with Gasteiger partial charge >= 0.3 is 0 Å². The molecule has 0 fully saturated rings. The highest BCUT2D eigenvalue weighted by Gasteiger charge is 1.89. The highest BCUT2D eigenvalue weighted by atomic mass is 35.5. The zero-order chi connectivity index (χ0) is 7.11. The van der Waals surface area contributed by atoms with Crippen molar-refractivity contribution in [3.63, 3.8) is 0 Å². The Kier molecular flexibility index (Phi) is 10.8. The molecule has 0 aliphatic heterocycles. The Morgan fingerprint density at radius 1 is 1.60 bits per heavy atom. The van der Waals surface area contributed by atoms with Crippen molar-refractivity contribution in [2.75, 3.05) is 13.1 Å². The number of hydrogen-bond acceptors (Lipinski definition) is 2. The van der Waals surface area contributed by atoms with Gasteiger partial charge in [0.05, 0.1) is 6.54 Å². The lowest BCUT2D eigenvalue weighted by Gasteiger charge is -1.97. The third-order valence-corrected chi connectivity index (χ3v) is 1.01. The van der Waals surface area contributed by atoms with E-state index in [1.54, 1.807) is 0 Å². The highest BCUT2D eigenvalue weighted by molar-refractivity contribution is 5.85. The van der Waals surface area contributed by atoms with Crippen LogP contribution in [0.4, 0.5) is 0 Å². The van der Waals surface area contributed by atoms with Crippen LogP contribution in [-0.4, -0.2) is 19.0 Å². The quantitative estimate of drug-likeness (QED) is 0.577. The summed E-state index contributed by atoms with van der Waals surface area (Å²) in [6.07, 6.45) is 2.25. The number of primary amides is 1. The predicted octanol–water partition coefficient (Wildman–Crippen LogP) is 0.283. The average Bonchev–Trinajstić information content (AvgIpc) is 1.80. The molecule has 0 heterocycles. The molecule has 0 rings (SSSR count). The summed E-state index contributed by atoms with van der Waals surface area (Å²) in [5, 5.41) is 2.91. The summed E-state index contributed by atoms with van der Waals surface area (Å²) in [5.74, 6) is -0.286. The zero-order valence-corrected chi connectivity index (χ0v) is 7.04. The number of carbonyl (C=O) groups excluding carboxylic acids is 1. The van der Waals surface area contributed by atoms with Crippen molar-refractivity contribution in [3.8, 4) is 0 Å². The molecule has 1 amide bonds. The second kappa shape index (κ2) is 8.72. The molecule has 0 saturated heterocycles. The van der Waals surface area contributed by atoms with Crippen LogP contribution < -0.4 is 11.1 Å². The zero-order valence-electron chi connectivity index (χ0n) is 6.22. The first-order valence-electron chi connectivity index (χ1n) is 3.26. The molecule has 62 valence electrons. The van der Waals surface area contributed by atoms with E-state index in [1.807, 2.05) is 0 Å². The monoisotopic (exact) mass is 166 g/mol.